The summed E-state index contributed by atoms with van der Waals surface area (Å²) in [6.45, 7) is 0. The van der Waals surface area contributed by atoms with Crippen LogP contribution in [0.15, 0.2) is 78.9 Å². The van der Waals surface area contributed by atoms with Crippen LogP contribution in [0.3, 0.4) is 0 Å². The number of hydrogen-bond acceptors (Lipinski definition) is 0. The summed E-state index contributed by atoms with van der Waals surface area (Å²) in [6.07, 6.45) is 8.42. The van der Waals surface area contributed by atoms with Gasteiger partial charge in [-0.3, -0.25) is 0 Å². The van der Waals surface area contributed by atoms with Gasteiger partial charge in [-0.2, -0.15) is 0 Å². The summed E-state index contributed by atoms with van der Waals surface area (Å²) >= 11 is 0. The normalized spacial score (nSPS) is 17.4. The molecular formula is C25H22. The Kier molecular flexibility index (Phi) is 3.56. The largest absolute Gasteiger partial charge is 0.0764 e. The SMILES string of the molecule is C1=CC(CCCC2c3ccccc3-c3ccccc32)c2ccccc21. The summed E-state index contributed by atoms with van der Waals surface area (Å²) in [5.41, 5.74) is 8.83. The van der Waals surface area contributed by atoms with E-state index < -0.39 is 0 Å². The molecular weight excluding hydrogens is 300 g/mol. The molecule has 0 fully saturated rings. The molecule has 0 heterocycles. The van der Waals surface area contributed by atoms with Crippen LogP contribution in [0.5, 0.6) is 0 Å². The van der Waals surface area contributed by atoms with Crippen LogP contribution in [-0.4, -0.2) is 0 Å². The van der Waals surface area contributed by atoms with Crippen molar-refractivity contribution in [2.75, 3.05) is 0 Å². The number of hydrogen-bond donors (Lipinski definition) is 0. The number of rotatable bonds is 4. The van der Waals surface area contributed by atoms with Gasteiger partial charge < -0.3 is 0 Å². The van der Waals surface area contributed by atoms with Crippen LogP contribution in [-0.2, 0) is 0 Å². The monoisotopic (exact) mass is 322 g/mol. The maximum atomic E-state index is 2.39. The van der Waals surface area contributed by atoms with Crippen molar-refractivity contribution in [3.63, 3.8) is 0 Å². The lowest BCUT2D eigenvalue weighted by Crippen LogP contribution is -1.99. The van der Waals surface area contributed by atoms with Gasteiger partial charge in [0.2, 0.25) is 0 Å². The fourth-order valence-electron chi connectivity index (χ4n) is 4.69. The van der Waals surface area contributed by atoms with Crippen molar-refractivity contribution < 1.29 is 0 Å². The van der Waals surface area contributed by atoms with E-state index in [1.54, 1.807) is 0 Å². The van der Waals surface area contributed by atoms with E-state index in [9.17, 15) is 0 Å². The molecule has 2 aliphatic carbocycles. The van der Waals surface area contributed by atoms with Crippen LogP contribution in [0.4, 0.5) is 0 Å². The van der Waals surface area contributed by atoms with Gasteiger partial charge in [-0.25, -0.2) is 0 Å². The lowest BCUT2D eigenvalue weighted by Gasteiger charge is -2.16. The van der Waals surface area contributed by atoms with E-state index in [0.717, 1.165) is 0 Å². The van der Waals surface area contributed by atoms with Crippen molar-refractivity contribution in [2.45, 2.75) is 31.1 Å². The van der Waals surface area contributed by atoms with Gasteiger partial charge in [-0.05, 0) is 46.2 Å². The minimum atomic E-state index is 0.563. The molecule has 0 saturated carbocycles. The minimum Gasteiger partial charge on any atom is -0.0764 e. The Bertz CT molecular complexity index is 902. The number of fused-ring (bicyclic) bond motifs is 4. The van der Waals surface area contributed by atoms with Crippen LogP contribution >= 0.6 is 0 Å². The predicted molar refractivity (Wildman–Crippen MR) is 106 cm³/mol. The Labute approximate surface area is 149 Å². The van der Waals surface area contributed by atoms with Crippen molar-refractivity contribution in [1.82, 2.24) is 0 Å². The van der Waals surface area contributed by atoms with E-state index >= 15 is 0 Å². The smallest absolute Gasteiger partial charge is 0.0102 e. The zero-order valence-corrected chi connectivity index (χ0v) is 14.4. The maximum Gasteiger partial charge on any atom is 0.0102 e. The first-order valence-electron chi connectivity index (χ1n) is 9.37. The standard InChI is InChI=1S/C25H22/c1-2-10-20-18(8-1)16-17-19(20)9-7-15-25-23-13-5-3-11-21(23)22-12-4-6-14-24(22)25/h1-6,8,10-14,16-17,19,25H,7,9,15H2. The van der Waals surface area contributed by atoms with Gasteiger partial charge in [-0.1, -0.05) is 91.4 Å². The molecule has 0 heteroatoms. The van der Waals surface area contributed by atoms with E-state index in [0.29, 0.717) is 11.8 Å². The fourth-order valence-corrected chi connectivity index (χ4v) is 4.69. The van der Waals surface area contributed by atoms with E-state index in [2.05, 4.69) is 84.9 Å². The highest BCUT2D eigenvalue weighted by molar-refractivity contribution is 5.78. The first kappa shape index (κ1) is 14.7. The maximum absolute atomic E-state index is 2.39. The van der Waals surface area contributed by atoms with Gasteiger partial charge in [-0.15, -0.1) is 0 Å². The van der Waals surface area contributed by atoms with Crippen LogP contribution < -0.4 is 0 Å². The summed E-state index contributed by atoms with van der Waals surface area (Å²) in [5.74, 6) is 1.16. The van der Waals surface area contributed by atoms with Gasteiger partial charge in [0.15, 0.2) is 0 Å². The topological polar surface area (TPSA) is 0 Å². The third kappa shape index (κ3) is 2.44. The minimum absolute atomic E-state index is 0.563. The molecule has 25 heavy (non-hydrogen) atoms. The van der Waals surface area contributed by atoms with Crippen LogP contribution in [0.2, 0.25) is 0 Å². The third-order valence-electron chi connectivity index (χ3n) is 5.87. The molecule has 3 aromatic rings. The average molecular weight is 322 g/mol. The lowest BCUT2D eigenvalue weighted by atomic mass is 9.88. The lowest BCUT2D eigenvalue weighted by molar-refractivity contribution is 0.607. The van der Waals surface area contributed by atoms with E-state index in [-0.39, 0.29) is 0 Å². The molecule has 3 aromatic carbocycles. The van der Waals surface area contributed by atoms with Gasteiger partial charge in [0, 0.05) is 11.8 Å². The third-order valence-corrected chi connectivity index (χ3v) is 5.87. The van der Waals surface area contributed by atoms with Crippen LogP contribution in [0.25, 0.3) is 17.2 Å². The molecule has 0 saturated heterocycles. The Hall–Kier alpha value is -2.60. The van der Waals surface area contributed by atoms with Crippen LogP contribution in [0, 0.1) is 0 Å². The Balaban J connectivity index is 1.35. The summed E-state index contributed by atoms with van der Waals surface area (Å²) in [4.78, 5) is 0. The zero-order chi connectivity index (χ0) is 16.6. The van der Waals surface area contributed by atoms with Gasteiger partial charge in [0.05, 0.1) is 0 Å². The summed E-state index contributed by atoms with van der Waals surface area (Å²) in [7, 11) is 0. The van der Waals surface area contributed by atoms with Crippen molar-refractivity contribution in [3.8, 4) is 11.1 Å². The second-order valence-corrected chi connectivity index (χ2v) is 7.25. The fraction of sp³-hybridized carbons (Fsp3) is 0.200. The summed E-state index contributed by atoms with van der Waals surface area (Å²) in [6, 6.07) is 26.7. The molecule has 0 nitrogen and oxygen atoms in total. The Morgan fingerprint density at radius 1 is 0.600 bits per heavy atom. The molecule has 0 radical (unpaired) electrons. The predicted octanol–water partition coefficient (Wildman–Crippen LogP) is 6.78. The molecule has 1 unspecified atom stereocenters. The molecule has 0 N–H and O–H groups in total. The molecule has 1 atom stereocenters. The molecule has 0 aliphatic heterocycles. The van der Waals surface area contributed by atoms with Gasteiger partial charge in [0.25, 0.3) is 0 Å². The van der Waals surface area contributed by atoms with Crippen LogP contribution in [0.1, 0.15) is 53.4 Å². The Morgan fingerprint density at radius 3 is 1.92 bits per heavy atom. The molecule has 0 spiro atoms. The molecule has 122 valence electrons. The molecule has 0 bridgehead atoms. The zero-order valence-electron chi connectivity index (χ0n) is 14.4. The second kappa shape index (κ2) is 6.04. The number of allylic oxidation sites excluding steroid dienone is 1. The highest BCUT2D eigenvalue weighted by Crippen LogP contribution is 2.47. The second-order valence-electron chi connectivity index (χ2n) is 7.25. The molecule has 2 aliphatic rings. The van der Waals surface area contributed by atoms with Gasteiger partial charge in [0.1, 0.15) is 0 Å². The van der Waals surface area contributed by atoms with Crippen molar-refractivity contribution in [3.05, 3.63) is 101 Å². The summed E-state index contributed by atoms with van der Waals surface area (Å²) in [5, 5.41) is 0. The first-order chi connectivity index (χ1) is 12.4. The van der Waals surface area contributed by atoms with Gasteiger partial charge >= 0.3 is 0 Å². The number of benzene rings is 3. The highest BCUT2D eigenvalue weighted by atomic mass is 14.3. The Morgan fingerprint density at radius 2 is 1.20 bits per heavy atom. The van der Waals surface area contributed by atoms with E-state index in [4.69, 9.17) is 0 Å². The quantitative estimate of drug-likeness (QED) is 0.496. The van der Waals surface area contributed by atoms with Crippen molar-refractivity contribution in [1.29, 1.82) is 0 Å². The van der Waals surface area contributed by atoms with E-state index in [1.807, 2.05) is 0 Å². The average Bonchev–Trinajstić information content (AvgIpc) is 3.22. The molecule has 5 rings (SSSR count). The molecule has 0 amide bonds. The first-order valence-corrected chi connectivity index (χ1v) is 9.37. The van der Waals surface area contributed by atoms with Crippen molar-refractivity contribution in [2.24, 2.45) is 0 Å². The highest BCUT2D eigenvalue weighted by Gasteiger charge is 2.27. The summed E-state index contributed by atoms with van der Waals surface area (Å²) < 4.78 is 0. The van der Waals surface area contributed by atoms with E-state index in [1.165, 1.54) is 52.6 Å². The van der Waals surface area contributed by atoms with Crippen molar-refractivity contribution >= 4 is 6.08 Å². The molecule has 0 aromatic heterocycles.